The molecule has 5 nitrogen and oxygen atoms in total. The first-order valence-corrected chi connectivity index (χ1v) is 13.7. The quantitative estimate of drug-likeness (QED) is 0.126. The van der Waals surface area contributed by atoms with Crippen LogP contribution in [0.1, 0.15) is 144 Å². The van der Waals surface area contributed by atoms with Crippen molar-refractivity contribution < 1.29 is 14.3 Å². The van der Waals surface area contributed by atoms with Gasteiger partial charge in [-0.3, -0.25) is 10.5 Å². The highest BCUT2D eigenvalue weighted by atomic mass is 16.7. The number of primary amides is 1. The molecule has 4 N–H and O–H groups in total. The van der Waals surface area contributed by atoms with Crippen LogP contribution in [0.15, 0.2) is 0 Å². The normalized spacial score (nSPS) is 13.2. The topological polar surface area (TPSA) is 87.6 Å². The highest BCUT2D eigenvalue weighted by molar-refractivity contribution is 5.77. The Morgan fingerprint density at radius 2 is 0.969 bits per heavy atom. The minimum absolute atomic E-state index is 0.147. The van der Waals surface area contributed by atoms with Gasteiger partial charge in [-0.1, -0.05) is 110 Å². The Morgan fingerprint density at radius 1 is 0.656 bits per heavy atom. The molecule has 1 unspecified atom stereocenters. The van der Waals surface area contributed by atoms with Crippen LogP contribution in [-0.2, 0) is 14.3 Å². The van der Waals surface area contributed by atoms with E-state index in [0.717, 1.165) is 12.8 Å². The maximum Gasteiger partial charge on any atom is 0.237 e. The number of rotatable bonds is 23. The van der Waals surface area contributed by atoms with Gasteiger partial charge < -0.3 is 15.2 Å². The number of amides is 1. The highest BCUT2D eigenvalue weighted by Gasteiger charge is 2.42. The lowest BCUT2D eigenvalue weighted by Gasteiger charge is -2.38. The molecule has 0 aromatic heterocycles. The third-order valence-corrected chi connectivity index (χ3v) is 6.02. The van der Waals surface area contributed by atoms with E-state index >= 15 is 0 Å². The van der Waals surface area contributed by atoms with E-state index in [1.54, 1.807) is 0 Å². The summed E-state index contributed by atoms with van der Waals surface area (Å²) in [6.45, 7) is 9.82. The summed E-state index contributed by atoms with van der Waals surface area (Å²) in [5.74, 6) is -2.54. The van der Waals surface area contributed by atoms with Gasteiger partial charge >= 0.3 is 0 Å². The molecule has 192 valence electrons. The SMILES string of the molecule is CCCCCCCCCCCCCCCCCCC(C(N)=O)C(N)(OC(C)C)OC(C)C. The van der Waals surface area contributed by atoms with Crippen molar-refractivity contribution in [2.24, 2.45) is 17.4 Å². The molecule has 0 radical (unpaired) electrons. The van der Waals surface area contributed by atoms with Crippen molar-refractivity contribution in [2.45, 2.75) is 162 Å². The third-order valence-electron chi connectivity index (χ3n) is 6.02. The number of unbranched alkanes of at least 4 members (excludes halogenated alkanes) is 15. The van der Waals surface area contributed by atoms with E-state index in [-0.39, 0.29) is 12.2 Å². The molecule has 1 atom stereocenters. The Morgan fingerprint density at radius 3 is 1.25 bits per heavy atom. The number of hydrogen-bond acceptors (Lipinski definition) is 4. The molecule has 0 aliphatic carbocycles. The van der Waals surface area contributed by atoms with Gasteiger partial charge in [-0.05, 0) is 34.1 Å². The van der Waals surface area contributed by atoms with Crippen LogP contribution in [0.2, 0.25) is 0 Å². The lowest BCUT2D eigenvalue weighted by atomic mass is 9.95. The standard InChI is InChI=1S/C27H56N2O3/c1-6-7-8-9-10-11-12-13-14-15-16-17-18-19-20-21-22-25(26(28)30)27(29,31-23(2)3)32-24(4)5/h23-25H,6-22,29H2,1-5H3,(H2,28,30). The van der Waals surface area contributed by atoms with E-state index in [1.807, 2.05) is 27.7 Å². The van der Waals surface area contributed by atoms with Gasteiger partial charge in [-0.25, -0.2) is 0 Å². The van der Waals surface area contributed by atoms with Crippen LogP contribution in [-0.4, -0.2) is 24.0 Å². The summed E-state index contributed by atoms with van der Waals surface area (Å²) in [4.78, 5) is 12.1. The van der Waals surface area contributed by atoms with E-state index in [2.05, 4.69) is 6.92 Å². The number of carbonyl (C=O) groups is 1. The van der Waals surface area contributed by atoms with Crippen molar-refractivity contribution in [2.75, 3.05) is 0 Å². The van der Waals surface area contributed by atoms with Crippen LogP contribution in [0.3, 0.4) is 0 Å². The molecule has 0 spiro atoms. The number of ether oxygens (including phenoxy) is 2. The second-order valence-electron chi connectivity index (χ2n) is 10.1. The summed E-state index contributed by atoms with van der Waals surface area (Å²) >= 11 is 0. The summed E-state index contributed by atoms with van der Waals surface area (Å²) in [6.07, 6.45) is 21.4. The average Bonchev–Trinajstić information content (AvgIpc) is 2.68. The van der Waals surface area contributed by atoms with Crippen LogP contribution >= 0.6 is 0 Å². The summed E-state index contributed by atoms with van der Waals surface area (Å²) < 4.78 is 11.6. The maximum atomic E-state index is 12.1. The number of carbonyl (C=O) groups excluding carboxylic acids is 1. The third kappa shape index (κ3) is 16.9. The van der Waals surface area contributed by atoms with Gasteiger partial charge in [-0.15, -0.1) is 0 Å². The molecule has 0 aromatic carbocycles. The first kappa shape index (κ1) is 31.4. The first-order chi connectivity index (χ1) is 15.2. The number of nitrogens with two attached hydrogens (primary N) is 2. The van der Waals surface area contributed by atoms with Crippen molar-refractivity contribution in [3.05, 3.63) is 0 Å². The van der Waals surface area contributed by atoms with Gasteiger partial charge in [0.25, 0.3) is 0 Å². The summed E-state index contributed by atoms with van der Waals surface area (Å²) in [5, 5.41) is 0. The fourth-order valence-electron chi connectivity index (χ4n) is 4.37. The maximum absolute atomic E-state index is 12.1. The summed E-state index contributed by atoms with van der Waals surface area (Å²) in [6, 6.07) is 0. The van der Waals surface area contributed by atoms with Gasteiger partial charge in [0.2, 0.25) is 11.8 Å². The fraction of sp³-hybridized carbons (Fsp3) is 0.963. The van der Waals surface area contributed by atoms with Crippen LogP contribution in [0.5, 0.6) is 0 Å². The largest absolute Gasteiger partial charge is 0.369 e. The van der Waals surface area contributed by atoms with Crippen molar-refractivity contribution in [1.29, 1.82) is 0 Å². The van der Waals surface area contributed by atoms with Gasteiger partial charge in [-0.2, -0.15) is 0 Å². The molecular formula is C27H56N2O3. The number of hydrogen-bond donors (Lipinski definition) is 2. The molecule has 0 saturated carbocycles. The Hall–Kier alpha value is -0.650. The van der Waals surface area contributed by atoms with Gasteiger partial charge in [0.1, 0.15) is 5.92 Å². The van der Waals surface area contributed by atoms with Crippen LogP contribution in [0.4, 0.5) is 0 Å². The molecule has 0 rings (SSSR count). The van der Waals surface area contributed by atoms with Gasteiger partial charge in [0, 0.05) is 0 Å². The van der Waals surface area contributed by atoms with E-state index in [1.165, 1.54) is 89.9 Å². The smallest absolute Gasteiger partial charge is 0.237 e. The van der Waals surface area contributed by atoms with Crippen LogP contribution in [0, 0.1) is 5.92 Å². The minimum Gasteiger partial charge on any atom is -0.369 e. The van der Waals surface area contributed by atoms with E-state index in [4.69, 9.17) is 20.9 Å². The lowest BCUT2D eigenvalue weighted by molar-refractivity contribution is -0.288. The lowest BCUT2D eigenvalue weighted by Crippen LogP contribution is -2.58. The summed E-state index contributed by atoms with van der Waals surface area (Å²) in [5.41, 5.74) is 12.0. The predicted molar refractivity (Wildman–Crippen MR) is 136 cm³/mol. The second-order valence-corrected chi connectivity index (χ2v) is 10.1. The van der Waals surface area contributed by atoms with Crippen LogP contribution < -0.4 is 11.5 Å². The minimum atomic E-state index is -1.45. The molecule has 5 heteroatoms. The van der Waals surface area contributed by atoms with E-state index in [9.17, 15) is 4.79 Å². The molecule has 0 fully saturated rings. The monoisotopic (exact) mass is 456 g/mol. The predicted octanol–water partition coefficient (Wildman–Crippen LogP) is 7.20. The molecule has 0 bridgehead atoms. The summed E-state index contributed by atoms with van der Waals surface area (Å²) in [7, 11) is 0. The Kier molecular flexibility index (Phi) is 19.4. The molecule has 0 heterocycles. The molecule has 32 heavy (non-hydrogen) atoms. The second kappa shape index (κ2) is 19.8. The highest BCUT2D eigenvalue weighted by Crippen LogP contribution is 2.27. The molecule has 0 aliphatic rings. The zero-order valence-corrected chi connectivity index (χ0v) is 22.1. The van der Waals surface area contributed by atoms with Gasteiger partial charge in [0.05, 0.1) is 12.2 Å². The van der Waals surface area contributed by atoms with Crippen molar-refractivity contribution in [3.63, 3.8) is 0 Å². The Labute approximate surface area is 199 Å². The Bertz CT molecular complexity index is 431. The fourth-order valence-corrected chi connectivity index (χ4v) is 4.37. The molecular weight excluding hydrogens is 400 g/mol. The van der Waals surface area contributed by atoms with Crippen molar-refractivity contribution in [3.8, 4) is 0 Å². The zero-order valence-electron chi connectivity index (χ0n) is 22.1. The zero-order chi connectivity index (χ0) is 24.2. The molecule has 0 aromatic rings. The first-order valence-electron chi connectivity index (χ1n) is 13.7. The molecule has 0 aliphatic heterocycles. The molecule has 0 saturated heterocycles. The average molecular weight is 457 g/mol. The van der Waals surface area contributed by atoms with Crippen molar-refractivity contribution >= 4 is 5.91 Å². The molecule has 1 amide bonds. The van der Waals surface area contributed by atoms with Gasteiger partial charge in [0.15, 0.2) is 0 Å². The Balaban J connectivity index is 3.86. The van der Waals surface area contributed by atoms with Crippen LogP contribution in [0.25, 0.3) is 0 Å². The van der Waals surface area contributed by atoms with Crippen molar-refractivity contribution in [1.82, 2.24) is 0 Å². The van der Waals surface area contributed by atoms with E-state index < -0.39 is 17.7 Å². The van der Waals surface area contributed by atoms with E-state index in [0.29, 0.717) is 6.42 Å².